The Morgan fingerprint density at radius 1 is 0.729 bits per heavy atom. The van der Waals surface area contributed by atoms with E-state index in [9.17, 15) is 4.57 Å². The number of aromatic nitrogens is 1. The molecular weight excluding hydrogens is 786 g/mol. The number of para-hydroxylation sites is 1. The van der Waals surface area contributed by atoms with Gasteiger partial charge >= 0.3 is 0 Å². The van der Waals surface area contributed by atoms with Crippen molar-refractivity contribution in [2.75, 3.05) is 0 Å². The van der Waals surface area contributed by atoms with Crippen LogP contribution in [0.5, 0.6) is 0 Å². The van der Waals surface area contributed by atoms with Gasteiger partial charge in [-0.2, -0.15) is 30.3 Å². The van der Waals surface area contributed by atoms with Crippen LogP contribution in [-0.2, 0) is 31.1 Å². The Balaban J connectivity index is 0.000000171. The Morgan fingerprint density at radius 2 is 1.44 bits per heavy atom. The van der Waals surface area contributed by atoms with Gasteiger partial charge in [0.25, 0.3) is 0 Å². The summed E-state index contributed by atoms with van der Waals surface area (Å²) in [4.78, 5) is 4.94. The molecule has 0 unspecified atom stereocenters. The molecule has 0 aliphatic heterocycles. The first-order valence-corrected chi connectivity index (χ1v) is 19.6. The number of hydrogen-bond acceptors (Lipinski definition) is 3. The summed E-state index contributed by atoms with van der Waals surface area (Å²) < 4.78 is 20.2. The van der Waals surface area contributed by atoms with Gasteiger partial charge in [-0.25, -0.2) is 0 Å². The molecule has 5 heteroatoms. The minimum Gasteiger partial charge on any atom is -0.501 e. The fourth-order valence-corrected chi connectivity index (χ4v) is 12.3. The third-order valence-corrected chi connectivity index (χ3v) is 14.6. The Kier molecular flexibility index (Phi) is 11.4. The maximum absolute atomic E-state index is 14.1. The molecule has 48 heavy (non-hydrogen) atoms. The molecule has 2 heterocycles. The molecule has 4 aromatic carbocycles. The van der Waals surface area contributed by atoms with Crippen molar-refractivity contribution in [3.05, 3.63) is 109 Å². The summed E-state index contributed by atoms with van der Waals surface area (Å²) in [5, 5.41) is 4.52. The number of hydrogen-bond donors (Lipinski definition) is 0. The average Bonchev–Trinajstić information content (AvgIpc) is 3.51. The summed E-state index contributed by atoms with van der Waals surface area (Å²) in [5.74, 6) is 0.618. The van der Waals surface area contributed by atoms with Crippen LogP contribution in [0.2, 0.25) is 0 Å². The SMILES string of the molecule is CC(C)Cc1cccc2nc(-c3[c-]ccc4c3oc3ccccc34)ccc12.O=P(c1[c-]cccc1)(C1CCCCC1)C1CCCCC1.[Ir]. The van der Waals surface area contributed by atoms with Crippen molar-refractivity contribution in [3.8, 4) is 11.3 Å². The molecule has 6 aromatic rings. The van der Waals surface area contributed by atoms with E-state index in [0.29, 0.717) is 17.2 Å². The Morgan fingerprint density at radius 3 is 2.12 bits per heavy atom. The Hall–Kier alpha value is -3.03. The molecule has 0 atom stereocenters. The van der Waals surface area contributed by atoms with E-state index in [2.05, 4.69) is 74.5 Å². The van der Waals surface area contributed by atoms with Crippen LogP contribution >= 0.6 is 7.14 Å². The van der Waals surface area contributed by atoms with Gasteiger partial charge in [-0.1, -0.05) is 106 Å². The van der Waals surface area contributed by atoms with E-state index in [1.165, 1.54) is 75.2 Å². The van der Waals surface area contributed by atoms with Gasteiger partial charge < -0.3 is 8.98 Å². The largest absolute Gasteiger partial charge is 0.501 e. The topological polar surface area (TPSA) is 43.1 Å². The zero-order valence-electron chi connectivity index (χ0n) is 28.2. The minimum atomic E-state index is -2.28. The molecule has 2 aliphatic rings. The summed E-state index contributed by atoms with van der Waals surface area (Å²) in [7, 11) is -2.28. The van der Waals surface area contributed by atoms with Gasteiger partial charge in [0.05, 0.1) is 18.2 Å². The van der Waals surface area contributed by atoms with Gasteiger partial charge in [0.15, 0.2) is 0 Å². The van der Waals surface area contributed by atoms with Gasteiger partial charge in [-0.05, 0) is 61.4 Å². The zero-order valence-corrected chi connectivity index (χ0v) is 31.5. The van der Waals surface area contributed by atoms with Crippen LogP contribution in [0, 0.1) is 18.1 Å². The molecule has 8 rings (SSSR count). The van der Waals surface area contributed by atoms with Gasteiger partial charge in [0, 0.05) is 42.2 Å². The van der Waals surface area contributed by atoms with Crippen LogP contribution in [0.4, 0.5) is 0 Å². The predicted molar refractivity (Wildman–Crippen MR) is 198 cm³/mol. The maximum atomic E-state index is 14.1. The number of nitrogens with zero attached hydrogens (tertiary/aromatic N) is 1. The normalized spacial score (nSPS) is 16.1. The maximum Gasteiger partial charge on any atom is 0.120 e. The van der Waals surface area contributed by atoms with Gasteiger partial charge in [0.2, 0.25) is 0 Å². The number of furan rings is 1. The fourth-order valence-electron chi connectivity index (χ4n) is 8.08. The molecular formula is C43H46IrNO2P-2. The molecule has 3 nitrogen and oxygen atoms in total. The monoisotopic (exact) mass is 832 g/mol. The molecule has 1 radical (unpaired) electrons. The van der Waals surface area contributed by atoms with Gasteiger partial charge in [0.1, 0.15) is 5.58 Å². The summed E-state index contributed by atoms with van der Waals surface area (Å²) in [6, 6.07) is 37.6. The van der Waals surface area contributed by atoms with Crippen molar-refractivity contribution < 1.29 is 29.1 Å². The van der Waals surface area contributed by atoms with E-state index in [1.54, 1.807) is 0 Å². The fraction of sp³-hybridized carbons (Fsp3) is 0.372. The summed E-state index contributed by atoms with van der Waals surface area (Å²) >= 11 is 0. The summed E-state index contributed by atoms with van der Waals surface area (Å²) in [5.41, 5.74) is 6.82. The van der Waals surface area contributed by atoms with Crippen LogP contribution < -0.4 is 5.30 Å². The van der Waals surface area contributed by atoms with Crippen molar-refractivity contribution in [3.63, 3.8) is 0 Å². The molecule has 2 saturated carbocycles. The molecule has 2 aromatic heterocycles. The van der Waals surface area contributed by atoms with Crippen molar-refractivity contribution in [2.24, 2.45) is 5.92 Å². The second-order valence-corrected chi connectivity index (χ2v) is 17.4. The Labute approximate surface area is 299 Å². The van der Waals surface area contributed by atoms with E-state index >= 15 is 0 Å². The van der Waals surface area contributed by atoms with Crippen molar-refractivity contribution >= 4 is 45.3 Å². The van der Waals surface area contributed by atoms with Crippen molar-refractivity contribution in [2.45, 2.75) is 95.8 Å². The van der Waals surface area contributed by atoms with Crippen molar-refractivity contribution in [1.82, 2.24) is 4.98 Å². The number of pyridine rings is 1. The molecule has 251 valence electrons. The van der Waals surface area contributed by atoms with Crippen LogP contribution in [0.3, 0.4) is 0 Å². The predicted octanol–water partition coefficient (Wildman–Crippen LogP) is 11.9. The molecule has 2 fully saturated rings. The third-order valence-electron chi connectivity index (χ3n) is 10.3. The number of rotatable bonds is 6. The standard InChI is InChI=1S/C25H20NO.C18H26OP.Ir/c1-16(2)15-17-7-5-11-22-18(17)13-14-23(26-22)21-10-6-9-20-19-8-3-4-12-24(19)27-25(20)21;19-20(16-10-4-1-5-11-16,17-12-6-2-7-13-17)18-14-8-3-9-15-18;/h3-9,11-14,16H,15H2,1-2H3;1,4-5,10,17-18H,2-3,6-9,12-15H2;/q2*-1;. The van der Waals surface area contributed by atoms with E-state index in [1.807, 2.05) is 42.5 Å². The average molecular weight is 832 g/mol. The first-order chi connectivity index (χ1) is 23.0. The first kappa shape index (κ1) is 34.8. The second kappa shape index (κ2) is 15.7. The molecule has 0 bridgehead atoms. The summed E-state index contributed by atoms with van der Waals surface area (Å²) in [6.07, 6.45) is 13.5. The van der Waals surface area contributed by atoms with E-state index in [-0.39, 0.29) is 20.1 Å². The van der Waals surface area contributed by atoms with E-state index < -0.39 is 7.14 Å². The zero-order chi connectivity index (χ0) is 32.2. The number of fused-ring (bicyclic) bond motifs is 4. The van der Waals surface area contributed by atoms with E-state index in [4.69, 9.17) is 9.40 Å². The Bertz CT molecular complexity index is 1980. The van der Waals surface area contributed by atoms with Crippen LogP contribution in [0.15, 0.2) is 95.4 Å². The minimum absolute atomic E-state index is 0. The molecule has 0 spiro atoms. The molecule has 0 N–H and O–H groups in total. The van der Waals surface area contributed by atoms with Gasteiger partial charge in [-0.15, -0.1) is 23.5 Å². The third kappa shape index (κ3) is 7.14. The smallest absolute Gasteiger partial charge is 0.120 e. The van der Waals surface area contributed by atoms with Crippen molar-refractivity contribution in [1.29, 1.82) is 0 Å². The van der Waals surface area contributed by atoms with Crippen LogP contribution in [-0.4, -0.2) is 16.3 Å². The van der Waals surface area contributed by atoms with Gasteiger partial charge in [-0.3, -0.25) is 4.98 Å². The van der Waals surface area contributed by atoms with Crippen LogP contribution in [0.25, 0.3) is 44.1 Å². The molecule has 0 saturated heterocycles. The van der Waals surface area contributed by atoms with E-state index in [0.717, 1.165) is 50.4 Å². The summed E-state index contributed by atoms with van der Waals surface area (Å²) in [6.45, 7) is 4.50. The molecule has 0 amide bonds. The molecule has 2 aliphatic carbocycles. The number of benzene rings is 4. The second-order valence-electron chi connectivity index (χ2n) is 14.0. The first-order valence-electron chi connectivity index (χ1n) is 17.8. The van der Waals surface area contributed by atoms with Crippen LogP contribution in [0.1, 0.15) is 83.6 Å². The quantitative estimate of drug-likeness (QED) is 0.124.